The maximum atomic E-state index is 13.9. The third-order valence-corrected chi connectivity index (χ3v) is 10.2. The number of aromatic nitrogens is 1. The minimum atomic E-state index is -4.53. The molecule has 0 bridgehead atoms. The number of nitrogens with zero attached hydrogens (tertiary/aromatic N) is 3. The van der Waals surface area contributed by atoms with Crippen molar-refractivity contribution in [3.05, 3.63) is 88.9 Å². The lowest BCUT2D eigenvalue weighted by Crippen LogP contribution is -2.40. The van der Waals surface area contributed by atoms with Crippen LogP contribution in [0.2, 0.25) is 0 Å². The Kier molecular flexibility index (Phi) is 8.26. The average molecular weight is 685 g/mol. The van der Waals surface area contributed by atoms with E-state index >= 15 is 0 Å². The molecule has 3 heterocycles. The van der Waals surface area contributed by atoms with Crippen LogP contribution < -0.4 is 9.62 Å². The fourth-order valence-electron chi connectivity index (χ4n) is 6.39. The minimum absolute atomic E-state index is 0.180. The Balaban J connectivity index is 1.44. The zero-order valence-corrected chi connectivity index (χ0v) is 27.3. The number of hydrogen-bond acceptors (Lipinski definition) is 5. The lowest BCUT2D eigenvalue weighted by molar-refractivity contribution is -0.137. The average Bonchev–Trinajstić information content (AvgIpc) is 3.59. The molecule has 252 valence electrons. The molecule has 1 atom stereocenters. The highest BCUT2D eigenvalue weighted by atomic mass is 32.2. The summed E-state index contributed by atoms with van der Waals surface area (Å²) in [6, 6.07) is 13.5. The third-order valence-electron chi connectivity index (χ3n) is 8.97. The summed E-state index contributed by atoms with van der Waals surface area (Å²) in [5, 5.41) is 3.30. The number of likely N-dealkylation sites (tertiary alicyclic amines) is 1. The lowest BCUT2D eigenvalue weighted by atomic mass is 9.88. The number of aryl methyl sites for hydroxylation is 1. The highest BCUT2D eigenvalue weighted by Gasteiger charge is 2.34. The quantitative estimate of drug-likeness (QED) is 0.205. The van der Waals surface area contributed by atoms with Gasteiger partial charge < -0.3 is 19.2 Å². The van der Waals surface area contributed by atoms with Gasteiger partial charge in [-0.1, -0.05) is 0 Å². The lowest BCUT2D eigenvalue weighted by Gasteiger charge is -2.35. The zero-order valence-electron chi connectivity index (χ0n) is 26.5. The minimum Gasteiger partial charge on any atom is -0.455 e. The summed E-state index contributed by atoms with van der Waals surface area (Å²) in [5.74, 6) is -1.51. The maximum Gasteiger partial charge on any atom is 0.416 e. The molecule has 3 aromatic carbocycles. The van der Waals surface area contributed by atoms with Crippen LogP contribution in [0.1, 0.15) is 50.7 Å². The van der Waals surface area contributed by atoms with Crippen molar-refractivity contribution in [1.29, 1.82) is 0 Å². The Bertz CT molecular complexity index is 2190. The summed E-state index contributed by atoms with van der Waals surface area (Å²) >= 11 is 0. The first-order valence-electron chi connectivity index (χ1n) is 15.1. The smallest absolute Gasteiger partial charge is 0.416 e. The van der Waals surface area contributed by atoms with Crippen molar-refractivity contribution in [1.82, 2.24) is 14.8 Å². The number of furan rings is 1. The van der Waals surface area contributed by atoms with Gasteiger partial charge in [0.15, 0.2) is 0 Å². The molecule has 1 aliphatic heterocycles. The second-order valence-corrected chi connectivity index (χ2v) is 14.0. The summed E-state index contributed by atoms with van der Waals surface area (Å²) in [7, 11) is 0.718. The van der Waals surface area contributed by atoms with E-state index in [9.17, 15) is 35.6 Å². The van der Waals surface area contributed by atoms with E-state index in [1.807, 2.05) is 0 Å². The first kappa shape index (κ1) is 33.1. The van der Waals surface area contributed by atoms with Crippen LogP contribution in [0.4, 0.5) is 23.2 Å². The van der Waals surface area contributed by atoms with Gasteiger partial charge in [0.1, 0.15) is 22.9 Å². The van der Waals surface area contributed by atoms with Crippen molar-refractivity contribution in [2.45, 2.75) is 24.9 Å². The van der Waals surface area contributed by atoms with E-state index in [1.54, 1.807) is 28.6 Å². The number of rotatable bonds is 6. The molecule has 1 fully saturated rings. The fourth-order valence-corrected chi connectivity index (χ4v) is 6.91. The fraction of sp³-hybridized carbons (Fsp3) is 0.294. The molecule has 1 N–H and O–H groups in total. The number of amides is 2. The van der Waals surface area contributed by atoms with Crippen LogP contribution in [0.3, 0.4) is 0 Å². The number of sulfonamides is 1. The second kappa shape index (κ2) is 12.0. The van der Waals surface area contributed by atoms with E-state index in [1.165, 1.54) is 50.5 Å². The van der Waals surface area contributed by atoms with E-state index in [0.717, 1.165) is 22.7 Å². The number of fused-ring (bicyclic) bond motifs is 2. The number of benzene rings is 3. The second-order valence-electron chi connectivity index (χ2n) is 12.0. The summed E-state index contributed by atoms with van der Waals surface area (Å²) in [5.41, 5.74) is 1.61. The van der Waals surface area contributed by atoms with Crippen molar-refractivity contribution in [3.63, 3.8) is 0 Å². The highest BCUT2D eigenvalue weighted by Crippen LogP contribution is 2.42. The summed E-state index contributed by atoms with van der Waals surface area (Å²) in [6.45, 7) is 0.566. The maximum absolute atomic E-state index is 13.9. The van der Waals surface area contributed by atoms with Gasteiger partial charge in [-0.15, -0.1) is 0 Å². The van der Waals surface area contributed by atoms with E-state index in [0.29, 0.717) is 47.1 Å². The van der Waals surface area contributed by atoms with E-state index in [-0.39, 0.29) is 46.4 Å². The number of carbonyl (C=O) groups excluding carboxylic acids is 2. The number of halogens is 4. The molecule has 2 amide bonds. The van der Waals surface area contributed by atoms with Crippen LogP contribution in [0.25, 0.3) is 33.2 Å². The molecule has 0 spiro atoms. The Labute approximate surface area is 273 Å². The number of carbonyl (C=O) groups is 2. The van der Waals surface area contributed by atoms with Gasteiger partial charge in [0.2, 0.25) is 10.0 Å². The van der Waals surface area contributed by atoms with Crippen LogP contribution in [0.5, 0.6) is 0 Å². The van der Waals surface area contributed by atoms with Gasteiger partial charge >= 0.3 is 6.18 Å². The van der Waals surface area contributed by atoms with Gasteiger partial charge in [0.25, 0.3) is 11.8 Å². The molecule has 5 aromatic rings. The molecule has 48 heavy (non-hydrogen) atoms. The van der Waals surface area contributed by atoms with Gasteiger partial charge in [-0.3, -0.25) is 13.9 Å². The Morgan fingerprint density at radius 1 is 1.04 bits per heavy atom. The van der Waals surface area contributed by atoms with Crippen molar-refractivity contribution >= 4 is 49.4 Å². The first-order valence-corrected chi connectivity index (χ1v) is 16.9. The third kappa shape index (κ3) is 5.89. The SMILES string of the molecule is CNC(=O)c1c(-c2ccc(F)cc2)oc2cc(N(C)S(C)(=O)=O)c([C@H]3CCCN(C(=O)c4cc5cc(C(F)(F)F)ccc5n4C)C3)cc12. The van der Waals surface area contributed by atoms with Gasteiger partial charge in [0, 0.05) is 68.1 Å². The van der Waals surface area contributed by atoms with E-state index in [4.69, 9.17) is 4.42 Å². The number of piperidine rings is 1. The summed E-state index contributed by atoms with van der Waals surface area (Å²) < 4.78 is 88.3. The number of nitrogens with one attached hydrogen (secondary N) is 1. The molecule has 1 aliphatic rings. The van der Waals surface area contributed by atoms with Gasteiger partial charge in [-0.2, -0.15) is 13.2 Å². The van der Waals surface area contributed by atoms with Crippen LogP contribution in [0, 0.1) is 5.82 Å². The van der Waals surface area contributed by atoms with Crippen LogP contribution in [-0.2, 0) is 23.2 Å². The molecule has 0 saturated carbocycles. The first-order chi connectivity index (χ1) is 22.6. The largest absolute Gasteiger partial charge is 0.455 e. The molecule has 0 radical (unpaired) electrons. The Morgan fingerprint density at radius 3 is 2.40 bits per heavy atom. The Morgan fingerprint density at radius 2 is 1.75 bits per heavy atom. The molecular weight excluding hydrogens is 652 g/mol. The monoisotopic (exact) mass is 684 g/mol. The highest BCUT2D eigenvalue weighted by molar-refractivity contribution is 7.92. The van der Waals surface area contributed by atoms with E-state index in [2.05, 4.69) is 5.32 Å². The molecule has 9 nitrogen and oxygen atoms in total. The number of alkyl halides is 3. The van der Waals surface area contributed by atoms with Crippen LogP contribution in [-0.4, -0.2) is 63.1 Å². The number of anilines is 1. The topological polar surface area (TPSA) is 105 Å². The standard InChI is InChI=1S/C34H32F4N4O5S/c1-39-32(43)30-25-16-24(27(41(3)48(4,45)46)17-29(25)47-31(30)19-7-10-23(35)11-8-19)20-6-5-13-42(18-20)33(44)28-15-21-14-22(34(36,37)38)9-12-26(21)40(28)2/h7-12,14-17,20H,5-6,13,18H2,1-4H3,(H,39,43)/t20-/m0/s1. The Hall–Kier alpha value is -4.85. The van der Waals surface area contributed by atoms with Gasteiger partial charge in [-0.25, -0.2) is 12.8 Å². The van der Waals surface area contributed by atoms with Crippen molar-refractivity contribution in [2.75, 3.05) is 37.7 Å². The molecule has 1 saturated heterocycles. The predicted molar refractivity (Wildman–Crippen MR) is 174 cm³/mol. The molecule has 0 unspecified atom stereocenters. The zero-order chi connectivity index (χ0) is 34.7. The van der Waals surface area contributed by atoms with Crippen molar-refractivity contribution in [3.8, 4) is 11.3 Å². The van der Waals surface area contributed by atoms with Gasteiger partial charge in [-0.05, 0) is 73.0 Å². The predicted octanol–water partition coefficient (Wildman–Crippen LogP) is 6.52. The van der Waals surface area contributed by atoms with Crippen molar-refractivity contribution in [2.24, 2.45) is 7.05 Å². The summed E-state index contributed by atoms with van der Waals surface area (Å²) in [4.78, 5) is 28.7. The summed E-state index contributed by atoms with van der Waals surface area (Å²) in [6.07, 6.45) is -2.32. The molecule has 6 rings (SSSR count). The van der Waals surface area contributed by atoms with E-state index < -0.39 is 33.5 Å². The molecule has 0 aliphatic carbocycles. The number of hydrogen-bond donors (Lipinski definition) is 1. The van der Waals surface area contributed by atoms with Crippen molar-refractivity contribution < 1.29 is 40.0 Å². The molecule has 2 aromatic heterocycles. The van der Waals surface area contributed by atoms with Crippen LogP contribution in [0.15, 0.2) is 65.1 Å². The molecule has 14 heteroatoms. The normalized spacial score (nSPS) is 15.7. The molecular formula is C34H32F4N4O5S. The van der Waals surface area contributed by atoms with Crippen LogP contribution >= 0.6 is 0 Å². The van der Waals surface area contributed by atoms with Gasteiger partial charge in [0.05, 0.1) is 23.1 Å².